The van der Waals surface area contributed by atoms with Gasteiger partial charge in [-0.3, -0.25) is 9.97 Å². The van der Waals surface area contributed by atoms with Crippen LogP contribution < -0.4 is 0 Å². The molecule has 0 bridgehead atoms. The van der Waals surface area contributed by atoms with Gasteiger partial charge in [0.05, 0.1) is 17.7 Å². The standard InChI is InChI=1S/C37H28N4O/c42-36(31-19-10-12-27-21-23-38-24-33(27)31)35-32(20-11-22-39-35)34-25-41(26-40-34)37(28-13-4-1-5-14-28,29-15-6-2-7-16-29)30-17-8-3-9-18-30/h1-26,36,42H. The lowest BCUT2D eigenvalue weighted by Crippen LogP contribution is -2.36. The van der Waals surface area contributed by atoms with Gasteiger partial charge in [-0.2, -0.15) is 0 Å². The zero-order valence-corrected chi connectivity index (χ0v) is 22.8. The van der Waals surface area contributed by atoms with Crippen molar-refractivity contribution < 1.29 is 5.11 Å². The Balaban J connectivity index is 1.42. The number of rotatable bonds is 7. The van der Waals surface area contributed by atoms with E-state index in [1.54, 1.807) is 18.6 Å². The summed E-state index contributed by atoms with van der Waals surface area (Å²) in [5.41, 5.74) is 5.45. The molecule has 3 heterocycles. The van der Waals surface area contributed by atoms with Gasteiger partial charge in [0.2, 0.25) is 0 Å². The highest BCUT2D eigenvalue weighted by atomic mass is 16.3. The summed E-state index contributed by atoms with van der Waals surface area (Å²) in [5, 5.41) is 13.6. The second-order valence-electron chi connectivity index (χ2n) is 10.3. The Morgan fingerprint density at radius 3 is 1.90 bits per heavy atom. The van der Waals surface area contributed by atoms with Gasteiger partial charge in [-0.1, -0.05) is 109 Å². The summed E-state index contributed by atoms with van der Waals surface area (Å²) in [6, 6.07) is 43.2. The van der Waals surface area contributed by atoms with Gasteiger partial charge in [-0.25, -0.2) is 4.98 Å². The third-order valence-corrected chi connectivity index (χ3v) is 7.93. The molecule has 3 aromatic heterocycles. The quantitative estimate of drug-likeness (QED) is 0.212. The first kappa shape index (κ1) is 25.6. The van der Waals surface area contributed by atoms with Crippen molar-refractivity contribution in [1.82, 2.24) is 19.5 Å². The summed E-state index contributed by atoms with van der Waals surface area (Å²) in [4.78, 5) is 13.9. The topological polar surface area (TPSA) is 63.8 Å². The Morgan fingerprint density at radius 2 is 1.26 bits per heavy atom. The van der Waals surface area contributed by atoms with E-state index in [0.717, 1.165) is 44.3 Å². The van der Waals surface area contributed by atoms with Crippen LogP contribution in [0.1, 0.15) is 34.1 Å². The van der Waals surface area contributed by atoms with E-state index in [1.165, 1.54) is 0 Å². The lowest BCUT2D eigenvalue weighted by Gasteiger charge is -2.37. The van der Waals surface area contributed by atoms with E-state index in [1.807, 2.05) is 60.9 Å². The Bertz CT molecular complexity index is 1850. The van der Waals surface area contributed by atoms with Crippen molar-refractivity contribution in [2.75, 3.05) is 0 Å². The maximum atomic E-state index is 11.7. The molecule has 0 aliphatic rings. The number of aliphatic hydroxyl groups excluding tert-OH is 1. The fourth-order valence-corrected chi connectivity index (χ4v) is 6.01. The summed E-state index contributed by atoms with van der Waals surface area (Å²) in [5.74, 6) is 0. The number of aliphatic hydroxyl groups is 1. The molecule has 42 heavy (non-hydrogen) atoms. The van der Waals surface area contributed by atoms with Crippen LogP contribution in [0.25, 0.3) is 22.0 Å². The van der Waals surface area contributed by atoms with Crippen LogP contribution in [0.15, 0.2) is 159 Å². The third kappa shape index (κ3) is 4.28. The molecule has 4 aromatic carbocycles. The molecule has 5 heteroatoms. The van der Waals surface area contributed by atoms with E-state index in [2.05, 4.69) is 93.5 Å². The highest BCUT2D eigenvalue weighted by Crippen LogP contribution is 2.42. The third-order valence-electron chi connectivity index (χ3n) is 7.93. The van der Waals surface area contributed by atoms with Crippen molar-refractivity contribution in [3.8, 4) is 11.3 Å². The molecule has 0 fully saturated rings. The summed E-state index contributed by atoms with van der Waals surface area (Å²) in [6.45, 7) is 0. The van der Waals surface area contributed by atoms with Gasteiger partial charge in [0.25, 0.3) is 0 Å². The first-order valence-electron chi connectivity index (χ1n) is 13.9. The first-order chi connectivity index (χ1) is 20.8. The second-order valence-corrected chi connectivity index (χ2v) is 10.3. The number of imidazole rings is 1. The van der Waals surface area contributed by atoms with Crippen LogP contribution in [-0.4, -0.2) is 24.6 Å². The number of pyridine rings is 2. The monoisotopic (exact) mass is 544 g/mol. The minimum Gasteiger partial charge on any atom is -0.382 e. The van der Waals surface area contributed by atoms with Gasteiger partial charge in [0.1, 0.15) is 11.6 Å². The number of benzene rings is 4. The lowest BCUT2D eigenvalue weighted by molar-refractivity contribution is 0.217. The van der Waals surface area contributed by atoms with Gasteiger partial charge < -0.3 is 9.67 Å². The molecule has 7 rings (SSSR count). The largest absolute Gasteiger partial charge is 0.382 e. The molecule has 1 N–H and O–H groups in total. The van der Waals surface area contributed by atoms with Crippen LogP contribution in [0.4, 0.5) is 0 Å². The predicted octanol–water partition coefficient (Wildman–Crippen LogP) is 7.42. The van der Waals surface area contributed by atoms with Crippen molar-refractivity contribution in [3.05, 3.63) is 186 Å². The Labute approximate surface area is 244 Å². The zero-order chi connectivity index (χ0) is 28.4. The fraction of sp³-hybridized carbons (Fsp3) is 0.0541. The van der Waals surface area contributed by atoms with Crippen LogP contribution in [0.2, 0.25) is 0 Å². The second kappa shape index (κ2) is 10.9. The van der Waals surface area contributed by atoms with Crippen LogP contribution >= 0.6 is 0 Å². The molecule has 0 aliphatic heterocycles. The summed E-state index contributed by atoms with van der Waals surface area (Å²) in [6.07, 6.45) is 8.25. The number of fused-ring (bicyclic) bond motifs is 1. The zero-order valence-electron chi connectivity index (χ0n) is 22.8. The lowest BCUT2D eigenvalue weighted by atomic mass is 9.77. The molecule has 0 aliphatic carbocycles. The molecule has 5 nitrogen and oxygen atoms in total. The van der Waals surface area contributed by atoms with E-state index in [0.29, 0.717) is 5.69 Å². The molecule has 0 amide bonds. The molecule has 0 saturated heterocycles. The number of hydrogen-bond donors (Lipinski definition) is 1. The maximum absolute atomic E-state index is 11.7. The minimum absolute atomic E-state index is 0.545. The van der Waals surface area contributed by atoms with Crippen molar-refractivity contribution in [3.63, 3.8) is 0 Å². The van der Waals surface area contributed by atoms with Gasteiger partial charge in [-0.15, -0.1) is 0 Å². The first-order valence-corrected chi connectivity index (χ1v) is 13.9. The van der Waals surface area contributed by atoms with Crippen molar-refractivity contribution in [2.24, 2.45) is 0 Å². The number of nitrogens with zero attached hydrogens (tertiary/aromatic N) is 4. The summed E-state index contributed by atoms with van der Waals surface area (Å²) >= 11 is 0. The van der Waals surface area contributed by atoms with E-state index in [9.17, 15) is 5.11 Å². The Morgan fingerprint density at radius 1 is 0.619 bits per heavy atom. The molecule has 202 valence electrons. The average Bonchev–Trinajstić information content (AvgIpc) is 3.56. The SMILES string of the molecule is OC(c1ncccc1-c1cn(C(c2ccccc2)(c2ccccc2)c2ccccc2)cn1)c1cccc2ccncc12. The molecular weight excluding hydrogens is 516 g/mol. The smallest absolute Gasteiger partial charge is 0.122 e. The Hall–Kier alpha value is -5.39. The summed E-state index contributed by atoms with van der Waals surface area (Å²) in [7, 11) is 0. The molecule has 1 unspecified atom stereocenters. The number of hydrogen-bond acceptors (Lipinski definition) is 4. The van der Waals surface area contributed by atoms with Crippen LogP contribution in [0.3, 0.4) is 0 Å². The van der Waals surface area contributed by atoms with Crippen molar-refractivity contribution in [2.45, 2.75) is 11.6 Å². The van der Waals surface area contributed by atoms with Crippen molar-refractivity contribution >= 4 is 10.8 Å². The van der Waals surface area contributed by atoms with Crippen LogP contribution in [-0.2, 0) is 5.54 Å². The van der Waals surface area contributed by atoms with Crippen LogP contribution in [0.5, 0.6) is 0 Å². The summed E-state index contributed by atoms with van der Waals surface area (Å²) < 4.78 is 2.17. The normalized spacial score (nSPS) is 12.3. The molecule has 0 radical (unpaired) electrons. The molecule has 0 saturated carbocycles. The van der Waals surface area contributed by atoms with Crippen LogP contribution in [0, 0.1) is 0 Å². The predicted molar refractivity (Wildman–Crippen MR) is 166 cm³/mol. The average molecular weight is 545 g/mol. The molecule has 1 atom stereocenters. The van der Waals surface area contributed by atoms with E-state index in [4.69, 9.17) is 4.98 Å². The van der Waals surface area contributed by atoms with E-state index < -0.39 is 11.6 Å². The molecular formula is C37H28N4O. The van der Waals surface area contributed by atoms with Gasteiger partial charge in [-0.05, 0) is 45.8 Å². The van der Waals surface area contributed by atoms with Crippen molar-refractivity contribution in [1.29, 1.82) is 0 Å². The molecule has 0 spiro atoms. The molecule has 7 aromatic rings. The maximum Gasteiger partial charge on any atom is 0.122 e. The van der Waals surface area contributed by atoms with Gasteiger partial charge >= 0.3 is 0 Å². The fourth-order valence-electron chi connectivity index (χ4n) is 6.01. The highest BCUT2D eigenvalue weighted by molar-refractivity contribution is 5.85. The van der Waals surface area contributed by atoms with Gasteiger partial charge in [0.15, 0.2) is 0 Å². The van der Waals surface area contributed by atoms with E-state index in [-0.39, 0.29) is 0 Å². The number of aromatic nitrogens is 4. The highest BCUT2D eigenvalue weighted by Gasteiger charge is 2.38. The minimum atomic E-state index is -0.957. The van der Waals surface area contributed by atoms with Gasteiger partial charge in [0, 0.05) is 35.7 Å². The Kier molecular flexibility index (Phi) is 6.62. The van der Waals surface area contributed by atoms with E-state index >= 15 is 0 Å².